The van der Waals surface area contributed by atoms with Crippen LogP contribution in [0, 0.1) is 6.92 Å². The monoisotopic (exact) mass is 364 g/mol. The van der Waals surface area contributed by atoms with Gasteiger partial charge in [0.15, 0.2) is 11.8 Å². The highest BCUT2D eigenvalue weighted by Gasteiger charge is 2.07. The van der Waals surface area contributed by atoms with Gasteiger partial charge in [0.25, 0.3) is 0 Å². The summed E-state index contributed by atoms with van der Waals surface area (Å²) in [5, 5.41) is 13.8. The largest absolute Gasteiger partial charge is 0.497 e. The number of guanidine groups is 1. The Morgan fingerprint density at radius 3 is 2.59 bits per heavy atom. The van der Waals surface area contributed by atoms with Gasteiger partial charge in [-0.1, -0.05) is 29.8 Å². The highest BCUT2D eigenvalue weighted by atomic mass is 16.5. The average Bonchev–Trinajstić information content (AvgIpc) is 3.17. The lowest BCUT2D eigenvalue weighted by molar-refractivity contribution is 0.415. The third-order valence-electron chi connectivity index (χ3n) is 4.07. The molecule has 1 aromatic heterocycles. The fraction of sp³-hybridized carbons (Fsp3) is 0.250. The third-order valence-corrected chi connectivity index (χ3v) is 4.07. The van der Waals surface area contributed by atoms with Crippen LogP contribution in [-0.4, -0.2) is 35.3 Å². The quantitative estimate of drug-likeness (QED) is 0.462. The van der Waals surface area contributed by atoms with E-state index in [1.54, 1.807) is 14.2 Å². The molecule has 3 rings (SSSR count). The molecule has 0 atom stereocenters. The van der Waals surface area contributed by atoms with Crippen LogP contribution in [0.2, 0.25) is 0 Å². The first-order valence-electron chi connectivity index (χ1n) is 8.73. The summed E-state index contributed by atoms with van der Waals surface area (Å²) in [5.41, 5.74) is 3.38. The molecular formula is C20H24N6O. The number of aryl methyl sites for hydroxylation is 1. The lowest BCUT2D eigenvalue weighted by Gasteiger charge is -2.11. The zero-order valence-electron chi connectivity index (χ0n) is 15.8. The Kier molecular flexibility index (Phi) is 6.04. The fourth-order valence-electron chi connectivity index (χ4n) is 2.64. The van der Waals surface area contributed by atoms with Gasteiger partial charge in [0.1, 0.15) is 11.6 Å². The normalized spacial score (nSPS) is 11.3. The van der Waals surface area contributed by atoms with Crippen molar-refractivity contribution in [3.05, 3.63) is 65.5 Å². The predicted octanol–water partition coefficient (Wildman–Crippen LogP) is 2.65. The van der Waals surface area contributed by atoms with Crippen molar-refractivity contribution < 1.29 is 4.74 Å². The first kappa shape index (κ1) is 18.4. The third kappa shape index (κ3) is 5.07. The van der Waals surface area contributed by atoms with Gasteiger partial charge in [-0.05, 0) is 36.8 Å². The molecule has 0 bridgehead atoms. The van der Waals surface area contributed by atoms with Crippen molar-refractivity contribution >= 4 is 5.96 Å². The second-order valence-corrected chi connectivity index (χ2v) is 6.10. The minimum absolute atomic E-state index is 0.497. The molecule has 0 spiro atoms. The molecule has 140 valence electrons. The van der Waals surface area contributed by atoms with E-state index in [4.69, 9.17) is 4.74 Å². The second-order valence-electron chi connectivity index (χ2n) is 6.10. The Hall–Kier alpha value is -3.35. The number of hydrogen-bond donors (Lipinski definition) is 3. The van der Waals surface area contributed by atoms with E-state index >= 15 is 0 Å². The lowest BCUT2D eigenvalue weighted by Crippen LogP contribution is -2.36. The number of aliphatic imine (C=N–C) groups is 1. The zero-order chi connectivity index (χ0) is 19.1. The van der Waals surface area contributed by atoms with Crippen LogP contribution in [0.1, 0.15) is 17.0 Å². The molecule has 7 heteroatoms. The Bertz CT molecular complexity index is 901. The summed E-state index contributed by atoms with van der Waals surface area (Å²) in [6.07, 6.45) is 0. The van der Waals surface area contributed by atoms with Gasteiger partial charge in [0.2, 0.25) is 0 Å². The minimum Gasteiger partial charge on any atom is -0.497 e. The number of nitrogens with one attached hydrogen (secondary N) is 3. The molecule has 7 nitrogen and oxygen atoms in total. The maximum atomic E-state index is 5.17. The number of methoxy groups -OCH3 is 1. The molecule has 27 heavy (non-hydrogen) atoms. The second kappa shape index (κ2) is 8.84. The number of nitrogens with zero attached hydrogens (tertiary/aromatic N) is 3. The number of hydrogen-bond acceptors (Lipinski definition) is 4. The van der Waals surface area contributed by atoms with E-state index in [0.717, 1.165) is 17.1 Å². The van der Waals surface area contributed by atoms with Gasteiger partial charge in [-0.25, -0.2) is 4.98 Å². The molecule has 0 fully saturated rings. The minimum atomic E-state index is 0.497. The van der Waals surface area contributed by atoms with Crippen molar-refractivity contribution in [3.63, 3.8) is 0 Å². The van der Waals surface area contributed by atoms with Gasteiger partial charge in [-0.3, -0.25) is 10.1 Å². The fourth-order valence-corrected chi connectivity index (χ4v) is 2.64. The van der Waals surface area contributed by atoms with Gasteiger partial charge in [0, 0.05) is 19.2 Å². The SMILES string of the molecule is CN=C(NCc1cccc(C)c1)NCc1nc(-c2ccc(OC)cc2)n[nH]1. The van der Waals surface area contributed by atoms with Crippen LogP contribution in [0.5, 0.6) is 5.75 Å². The van der Waals surface area contributed by atoms with Crippen molar-refractivity contribution in [3.8, 4) is 17.1 Å². The number of aromatic nitrogens is 3. The molecule has 0 saturated carbocycles. The first-order valence-corrected chi connectivity index (χ1v) is 8.73. The number of aromatic amines is 1. The standard InChI is InChI=1S/C20H24N6O/c1-14-5-4-6-15(11-14)12-22-20(21-2)23-13-18-24-19(26-25-18)16-7-9-17(27-3)10-8-16/h4-11H,12-13H2,1-3H3,(H2,21,22,23)(H,24,25,26). The number of H-pyrrole nitrogens is 1. The van der Waals surface area contributed by atoms with E-state index in [2.05, 4.69) is 62.0 Å². The molecule has 3 N–H and O–H groups in total. The van der Waals surface area contributed by atoms with Crippen LogP contribution >= 0.6 is 0 Å². The van der Waals surface area contributed by atoms with Gasteiger partial charge < -0.3 is 15.4 Å². The Morgan fingerprint density at radius 2 is 1.89 bits per heavy atom. The average molecular weight is 364 g/mol. The van der Waals surface area contributed by atoms with Crippen LogP contribution in [0.4, 0.5) is 0 Å². The smallest absolute Gasteiger partial charge is 0.191 e. The van der Waals surface area contributed by atoms with Crippen LogP contribution in [0.15, 0.2) is 53.5 Å². The van der Waals surface area contributed by atoms with Crippen molar-refractivity contribution in [1.29, 1.82) is 0 Å². The molecular weight excluding hydrogens is 340 g/mol. The highest BCUT2D eigenvalue weighted by molar-refractivity contribution is 5.79. The molecule has 0 aliphatic carbocycles. The number of ether oxygens (including phenoxy) is 1. The van der Waals surface area contributed by atoms with Crippen molar-refractivity contribution in [2.45, 2.75) is 20.0 Å². The van der Waals surface area contributed by atoms with Crippen LogP contribution in [0.25, 0.3) is 11.4 Å². The summed E-state index contributed by atoms with van der Waals surface area (Å²) in [4.78, 5) is 8.76. The van der Waals surface area contributed by atoms with Gasteiger partial charge in [-0.2, -0.15) is 5.10 Å². The number of benzene rings is 2. The summed E-state index contributed by atoms with van der Waals surface area (Å²) in [7, 11) is 3.39. The Morgan fingerprint density at radius 1 is 1.11 bits per heavy atom. The van der Waals surface area contributed by atoms with E-state index in [0.29, 0.717) is 24.9 Å². The predicted molar refractivity (Wildman–Crippen MR) is 107 cm³/mol. The Balaban J connectivity index is 1.54. The molecule has 0 radical (unpaired) electrons. The summed E-state index contributed by atoms with van der Waals surface area (Å²) >= 11 is 0. The van der Waals surface area contributed by atoms with Gasteiger partial charge in [0.05, 0.1) is 13.7 Å². The molecule has 0 aliphatic heterocycles. The summed E-state index contributed by atoms with van der Waals surface area (Å²) < 4.78 is 5.17. The van der Waals surface area contributed by atoms with Crippen molar-refractivity contribution in [2.24, 2.45) is 4.99 Å². The van der Waals surface area contributed by atoms with E-state index < -0.39 is 0 Å². The summed E-state index contributed by atoms with van der Waals surface area (Å²) in [6.45, 7) is 3.28. The molecule has 0 saturated heterocycles. The zero-order valence-corrected chi connectivity index (χ0v) is 15.8. The highest BCUT2D eigenvalue weighted by Crippen LogP contribution is 2.18. The topological polar surface area (TPSA) is 87.2 Å². The van der Waals surface area contributed by atoms with E-state index in [1.165, 1.54) is 11.1 Å². The van der Waals surface area contributed by atoms with Crippen LogP contribution in [-0.2, 0) is 13.1 Å². The molecule has 0 unspecified atom stereocenters. The summed E-state index contributed by atoms with van der Waals surface area (Å²) in [5.74, 6) is 2.90. The molecule has 3 aromatic rings. The van der Waals surface area contributed by atoms with Crippen molar-refractivity contribution in [2.75, 3.05) is 14.2 Å². The van der Waals surface area contributed by atoms with Crippen LogP contribution in [0.3, 0.4) is 0 Å². The molecule has 1 heterocycles. The molecule has 2 aromatic carbocycles. The van der Waals surface area contributed by atoms with E-state index in [1.807, 2.05) is 24.3 Å². The first-order chi connectivity index (χ1) is 13.2. The molecule has 0 amide bonds. The van der Waals surface area contributed by atoms with Crippen molar-refractivity contribution in [1.82, 2.24) is 25.8 Å². The molecule has 0 aliphatic rings. The lowest BCUT2D eigenvalue weighted by atomic mass is 10.1. The van der Waals surface area contributed by atoms with Gasteiger partial charge in [-0.15, -0.1) is 0 Å². The maximum Gasteiger partial charge on any atom is 0.191 e. The van der Waals surface area contributed by atoms with Gasteiger partial charge >= 0.3 is 0 Å². The van der Waals surface area contributed by atoms with E-state index in [-0.39, 0.29) is 0 Å². The Labute approximate surface area is 158 Å². The van der Waals surface area contributed by atoms with Crippen LogP contribution < -0.4 is 15.4 Å². The number of rotatable bonds is 6. The summed E-state index contributed by atoms with van der Waals surface area (Å²) in [6, 6.07) is 16.0. The van der Waals surface area contributed by atoms with E-state index in [9.17, 15) is 0 Å². The maximum absolute atomic E-state index is 5.17.